The molecule has 0 atom stereocenters. The number of hydrogen-bond donors (Lipinski definition) is 2. The number of aryl methyl sites for hydroxylation is 1. The normalized spacial score (nSPS) is 10.3. The second-order valence-electron chi connectivity index (χ2n) is 4.14. The first-order valence-electron chi connectivity index (χ1n) is 5.60. The van der Waals surface area contributed by atoms with Gasteiger partial charge in [-0.1, -0.05) is 18.3 Å². The monoisotopic (exact) mass is 278 g/mol. The van der Waals surface area contributed by atoms with Crippen LogP contribution in [0.4, 0.5) is 20.2 Å². The summed E-state index contributed by atoms with van der Waals surface area (Å²) >= 11 is 4.88. The third-order valence-electron chi connectivity index (χ3n) is 2.72. The Kier molecular flexibility index (Phi) is 3.76. The first-order chi connectivity index (χ1) is 8.97. The van der Waals surface area contributed by atoms with Gasteiger partial charge in [0.25, 0.3) is 0 Å². The minimum Gasteiger partial charge on any atom is -0.389 e. The van der Waals surface area contributed by atoms with Crippen molar-refractivity contribution in [2.75, 3.05) is 5.32 Å². The van der Waals surface area contributed by atoms with Crippen molar-refractivity contribution < 1.29 is 8.78 Å². The number of nitrogens with two attached hydrogens (primary N) is 1. The number of thiocarbonyl (C=S) groups is 1. The van der Waals surface area contributed by atoms with Crippen LogP contribution >= 0.6 is 12.2 Å². The Balaban J connectivity index is 2.43. The highest BCUT2D eigenvalue weighted by molar-refractivity contribution is 7.80. The SMILES string of the molecule is Cc1ccc(F)cc1Nc1ccc(F)cc1C(N)=S. The minimum atomic E-state index is -0.427. The summed E-state index contributed by atoms with van der Waals surface area (Å²) in [6, 6.07) is 8.45. The number of benzene rings is 2. The second-order valence-corrected chi connectivity index (χ2v) is 4.58. The van der Waals surface area contributed by atoms with E-state index >= 15 is 0 Å². The van der Waals surface area contributed by atoms with Gasteiger partial charge in [-0.05, 0) is 42.8 Å². The Morgan fingerprint density at radius 1 is 1.05 bits per heavy atom. The van der Waals surface area contributed by atoms with Crippen LogP contribution in [0.2, 0.25) is 0 Å². The van der Waals surface area contributed by atoms with Gasteiger partial charge in [-0.2, -0.15) is 0 Å². The molecule has 0 radical (unpaired) electrons. The molecule has 0 fully saturated rings. The molecule has 0 aliphatic heterocycles. The highest BCUT2D eigenvalue weighted by Gasteiger charge is 2.09. The summed E-state index contributed by atoms with van der Waals surface area (Å²) in [5, 5.41) is 3.02. The molecule has 0 aliphatic rings. The topological polar surface area (TPSA) is 38.0 Å². The Labute approximate surface area is 115 Å². The zero-order valence-electron chi connectivity index (χ0n) is 10.2. The summed E-state index contributed by atoms with van der Waals surface area (Å²) in [6.07, 6.45) is 0. The molecule has 3 N–H and O–H groups in total. The third kappa shape index (κ3) is 3.06. The van der Waals surface area contributed by atoms with E-state index in [1.807, 2.05) is 6.92 Å². The molecule has 0 aromatic heterocycles. The van der Waals surface area contributed by atoms with Crippen molar-refractivity contribution in [1.82, 2.24) is 0 Å². The smallest absolute Gasteiger partial charge is 0.125 e. The van der Waals surface area contributed by atoms with Crippen LogP contribution in [-0.2, 0) is 0 Å². The van der Waals surface area contributed by atoms with E-state index in [0.29, 0.717) is 16.9 Å². The summed E-state index contributed by atoms with van der Waals surface area (Å²) in [5.74, 6) is -0.781. The van der Waals surface area contributed by atoms with Crippen molar-refractivity contribution in [2.45, 2.75) is 6.92 Å². The van der Waals surface area contributed by atoms with Gasteiger partial charge >= 0.3 is 0 Å². The van der Waals surface area contributed by atoms with E-state index in [4.69, 9.17) is 18.0 Å². The molecule has 5 heteroatoms. The molecule has 2 aromatic rings. The fourth-order valence-electron chi connectivity index (χ4n) is 1.70. The summed E-state index contributed by atoms with van der Waals surface area (Å²) in [5.41, 5.74) is 7.94. The quantitative estimate of drug-likeness (QED) is 0.842. The number of rotatable bonds is 3. The number of halogens is 2. The van der Waals surface area contributed by atoms with Crippen LogP contribution in [0.25, 0.3) is 0 Å². The molecular formula is C14H12F2N2S. The average Bonchev–Trinajstić information content (AvgIpc) is 2.35. The van der Waals surface area contributed by atoms with Crippen LogP contribution in [0.15, 0.2) is 36.4 Å². The van der Waals surface area contributed by atoms with Gasteiger partial charge in [-0.3, -0.25) is 0 Å². The van der Waals surface area contributed by atoms with Gasteiger partial charge < -0.3 is 11.1 Å². The zero-order valence-corrected chi connectivity index (χ0v) is 11.0. The maximum absolute atomic E-state index is 13.2. The van der Waals surface area contributed by atoms with Gasteiger partial charge in [0.2, 0.25) is 0 Å². The summed E-state index contributed by atoms with van der Waals surface area (Å²) in [4.78, 5) is 0.0797. The lowest BCUT2D eigenvalue weighted by atomic mass is 10.1. The lowest BCUT2D eigenvalue weighted by Gasteiger charge is -2.13. The van der Waals surface area contributed by atoms with Crippen molar-refractivity contribution in [3.05, 3.63) is 59.2 Å². The van der Waals surface area contributed by atoms with Gasteiger partial charge in [0.15, 0.2) is 0 Å². The maximum Gasteiger partial charge on any atom is 0.125 e. The largest absolute Gasteiger partial charge is 0.389 e. The van der Waals surface area contributed by atoms with Crippen molar-refractivity contribution in [3.8, 4) is 0 Å². The van der Waals surface area contributed by atoms with Gasteiger partial charge in [0.05, 0.1) is 0 Å². The molecule has 0 heterocycles. The van der Waals surface area contributed by atoms with E-state index in [1.54, 1.807) is 6.07 Å². The van der Waals surface area contributed by atoms with Gasteiger partial charge in [0, 0.05) is 16.9 Å². The Bertz CT molecular complexity index is 641. The molecule has 0 saturated carbocycles. The summed E-state index contributed by atoms with van der Waals surface area (Å²) in [6.45, 7) is 1.84. The molecule has 0 unspecified atom stereocenters. The molecule has 0 aliphatic carbocycles. The fraction of sp³-hybridized carbons (Fsp3) is 0.0714. The summed E-state index contributed by atoms with van der Waals surface area (Å²) in [7, 11) is 0. The van der Waals surface area contributed by atoms with Crippen LogP contribution in [-0.4, -0.2) is 4.99 Å². The van der Waals surface area contributed by atoms with Gasteiger partial charge in [-0.15, -0.1) is 0 Å². The lowest BCUT2D eigenvalue weighted by Crippen LogP contribution is -2.12. The molecule has 0 saturated heterocycles. The average molecular weight is 278 g/mol. The Hall–Kier alpha value is -2.01. The highest BCUT2D eigenvalue weighted by atomic mass is 32.1. The second kappa shape index (κ2) is 5.32. The highest BCUT2D eigenvalue weighted by Crippen LogP contribution is 2.25. The number of hydrogen-bond acceptors (Lipinski definition) is 2. The predicted octanol–water partition coefficient (Wildman–Crippen LogP) is 3.65. The number of nitrogens with one attached hydrogen (secondary N) is 1. The molecular weight excluding hydrogens is 266 g/mol. The van der Waals surface area contributed by atoms with Crippen LogP contribution in [0, 0.1) is 18.6 Å². The van der Waals surface area contributed by atoms with Crippen LogP contribution < -0.4 is 11.1 Å². The van der Waals surface area contributed by atoms with Gasteiger partial charge in [0.1, 0.15) is 16.6 Å². The van der Waals surface area contributed by atoms with E-state index in [9.17, 15) is 8.78 Å². The third-order valence-corrected chi connectivity index (χ3v) is 2.94. The Morgan fingerprint density at radius 3 is 2.37 bits per heavy atom. The lowest BCUT2D eigenvalue weighted by molar-refractivity contribution is 0.627. The van der Waals surface area contributed by atoms with E-state index < -0.39 is 5.82 Å². The predicted molar refractivity (Wildman–Crippen MR) is 76.7 cm³/mol. The molecule has 0 spiro atoms. The first kappa shape index (κ1) is 13.4. The van der Waals surface area contributed by atoms with Crippen molar-refractivity contribution in [1.29, 1.82) is 0 Å². The molecule has 19 heavy (non-hydrogen) atoms. The van der Waals surface area contributed by atoms with Crippen molar-refractivity contribution >= 4 is 28.6 Å². The fourth-order valence-corrected chi connectivity index (χ4v) is 1.87. The molecule has 2 aromatic carbocycles. The van der Waals surface area contributed by atoms with Gasteiger partial charge in [-0.25, -0.2) is 8.78 Å². The van der Waals surface area contributed by atoms with Crippen LogP contribution in [0.3, 0.4) is 0 Å². The van der Waals surface area contributed by atoms with Crippen molar-refractivity contribution in [3.63, 3.8) is 0 Å². The summed E-state index contributed by atoms with van der Waals surface area (Å²) < 4.78 is 26.4. The Morgan fingerprint density at radius 2 is 1.68 bits per heavy atom. The van der Waals surface area contributed by atoms with Crippen LogP contribution in [0.5, 0.6) is 0 Å². The molecule has 98 valence electrons. The minimum absolute atomic E-state index is 0.0797. The zero-order chi connectivity index (χ0) is 14.0. The molecule has 0 amide bonds. The molecule has 2 nitrogen and oxygen atoms in total. The van der Waals surface area contributed by atoms with E-state index in [-0.39, 0.29) is 10.8 Å². The van der Waals surface area contributed by atoms with Crippen molar-refractivity contribution in [2.24, 2.45) is 5.73 Å². The van der Waals surface area contributed by atoms with E-state index in [1.165, 1.54) is 30.3 Å². The molecule has 2 rings (SSSR count). The molecule has 0 bridgehead atoms. The van der Waals surface area contributed by atoms with Crippen LogP contribution in [0.1, 0.15) is 11.1 Å². The maximum atomic E-state index is 13.2. The van der Waals surface area contributed by atoms with E-state index in [0.717, 1.165) is 5.56 Å². The number of anilines is 2. The standard InChI is InChI=1S/C14H12F2N2S/c1-8-2-3-10(16)7-13(8)18-12-5-4-9(15)6-11(12)14(17)19/h2-7,18H,1H3,(H2,17,19). The first-order valence-corrected chi connectivity index (χ1v) is 6.01. The van der Waals surface area contributed by atoms with E-state index in [2.05, 4.69) is 5.32 Å².